The van der Waals surface area contributed by atoms with Crippen LogP contribution in [0.5, 0.6) is 17.2 Å². The summed E-state index contributed by atoms with van der Waals surface area (Å²) in [6, 6.07) is 17.2. The summed E-state index contributed by atoms with van der Waals surface area (Å²) in [5.41, 5.74) is 1.02. The fourth-order valence-corrected chi connectivity index (χ4v) is 5.97. The number of nitrogens with one attached hydrogen (secondary N) is 1. The number of rotatable bonds is 14. The SMILES string of the molecule is CCNC(=O)[C@H](C)N(CCc1ccccc1)C(=O)CN(c1cc(Cl)ccc1OC)S(=O)(=O)c1ccc(OC)c(OC)c1. The van der Waals surface area contributed by atoms with Gasteiger partial charge in [-0.25, -0.2) is 8.42 Å². The zero-order valence-electron chi connectivity index (χ0n) is 24.3. The highest BCUT2D eigenvalue weighted by Gasteiger charge is 2.34. The van der Waals surface area contributed by atoms with Crippen molar-refractivity contribution in [3.8, 4) is 17.2 Å². The summed E-state index contributed by atoms with van der Waals surface area (Å²) in [7, 11) is -0.184. The lowest BCUT2D eigenvalue weighted by Crippen LogP contribution is -2.52. The summed E-state index contributed by atoms with van der Waals surface area (Å²) in [4.78, 5) is 28.1. The molecule has 0 aliphatic heterocycles. The molecule has 0 saturated carbocycles. The minimum absolute atomic E-state index is 0.0572. The Labute approximate surface area is 252 Å². The maximum Gasteiger partial charge on any atom is 0.265 e. The molecule has 3 rings (SSSR count). The Morgan fingerprint density at radius 2 is 1.55 bits per heavy atom. The fraction of sp³-hybridized carbons (Fsp3) is 0.333. The van der Waals surface area contributed by atoms with Crippen LogP contribution in [0.25, 0.3) is 0 Å². The molecule has 0 aliphatic rings. The summed E-state index contributed by atoms with van der Waals surface area (Å²) in [6.45, 7) is 3.32. The third kappa shape index (κ3) is 7.65. The van der Waals surface area contributed by atoms with E-state index in [1.165, 1.54) is 56.6 Å². The number of methoxy groups -OCH3 is 3. The van der Waals surface area contributed by atoms with Crippen LogP contribution in [0.4, 0.5) is 5.69 Å². The summed E-state index contributed by atoms with van der Waals surface area (Å²) in [5.74, 6) is -0.229. The van der Waals surface area contributed by atoms with Crippen LogP contribution in [0.2, 0.25) is 5.02 Å². The van der Waals surface area contributed by atoms with Gasteiger partial charge in [0.05, 0.1) is 31.9 Å². The molecule has 0 aliphatic carbocycles. The molecule has 10 nitrogen and oxygen atoms in total. The largest absolute Gasteiger partial charge is 0.495 e. The quantitative estimate of drug-likeness (QED) is 0.289. The van der Waals surface area contributed by atoms with Crippen molar-refractivity contribution >= 4 is 39.1 Å². The Kier molecular flexibility index (Phi) is 11.5. The first-order valence-electron chi connectivity index (χ1n) is 13.3. The molecule has 0 spiro atoms. The van der Waals surface area contributed by atoms with Crippen molar-refractivity contribution in [2.75, 3.05) is 45.3 Å². The molecule has 1 atom stereocenters. The smallest absolute Gasteiger partial charge is 0.265 e. The van der Waals surface area contributed by atoms with Gasteiger partial charge in [-0.15, -0.1) is 0 Å². The number of hydrogen-bond donors (Lipinski definition) is 1. The highest BCUT2D eigenvalue weighted by atomic mass is 35.5. The van der Waals surface area contributed by atoms with Crippen LogP contribution in [0.15, 0.2) is 71.6 Å². The van der Waals surface area contributed by atoms with Crippen molar-refractivity contribution < 1.29 is 32.2 Å². The molecule has 1 N–H and O–H groups in total. The molecule has 0 bridgehead atoms. The Balaban J connectivity index is 2.10. The monoisotopic (exact) mass is 617 g/mol. The number of likely N-dealkylation sites (N-methyl/N-ethyl adjacent to an activating group) is 1. The van der Waals surface area contributed by atoms with E-state index in [-0.39, 0.29) is 39.6 Å². The number of halogens is 1. The van der Waals surface area contributed by atoms with Gasteiger partial charge in [0.2, 0.25) is 11.8 Å². The Morgan fingerprint density at radius 3 is 2.17 bits per heavy atom. The van der Waals surface area contributed by atoms with Crippen LogP contribution >= 0.6 is 11.6 Å². The van der Waals surface area contributed by atoms with E-state index in [1.54, 1.807) is 19.9 Å². The summed E-state index contributed by atoms with van der Waals surface area (Å²) in [5, 5.41) is 2.98. The second-order valence-corrected chi connectivity index (χ2v) is 11.5. The van der Waals surface area contributed by atoms with Gasteiger partial charge in [0.1, 0.15) is 18.3 Å². The highest BCUT2D eigenvalue weighted by Crippen LogP contribution is 2.37. The maximum atomic E-state index is 14.2. The molecule has 42 heavy (non-hydrogen) atoms. The topological polar surface area (TPSA) is 114 Å². The number of carbonyl (C=O) groups excluding carboxylic acids is 2. The molecule has 2 amide bonds. The Morgan fingerprint density at radius 1 is 0.905 bits per heavy atom. The summed E-state index contributed by atoms with van der Waals surface area (Å²) >= 11 is 6.28. The predicted octanol–water partition coefficient (Wildman–Crippen LogP) is 4.16. The average molecular weight is 618 g/mol. The van der Waals surface area contributed by atoms with Gasteiger partial charge in [0, 0.05) is 24.2 Å². The van der Waals surface area contributed by atoms with Gasteiger partial charge >= 0.3 is 0 Å². The molecule has 3 aromatic carbocycles. The Bertz CT molecular complexity index is 1490. The van der Waals surface area contributed by atoms with E-state index < -0.39 is 28.5 Å². The van der Waals surface area contributed by atoms with E-state index in [9.17, 15) is 18.0 Å². The van der Waals surface area contributed by atoms with Crippen molar-refractivity contribution in [2.24, 2.45) is 0 Å². The number of hydrogen-bond acceptors (Lipinski definition) is 7. The van der Waals surface area contributed by atoms with Crippen molar-refractivity contribution in [1.29, 1.82) is 0 Å². The first-order chi connectivity index (χ1) is 20.1. The third-order valence-electron chi connectivity index (χ3n) is 6.63. The number of benzene rings is 3. The third-order valence-corrected chi connectivity index (χ3v) is 8.62. The van der Waals surface area contributed by atoms with Crippen molar-refractivity contribution in [3.05, 3.63) is 77.3 Å². The minimum atomic E-state index is -4.40. The maximum absolute atomic E-state index is 14.2. The number of anilines is 1. The van der Waals surface area contributed by atoms with Crippen molar-refractivity contribution in [1.82, 2.24) is 10.2 Å². The number of amides is 2. The molecule has 0 saturated heterocycles. The van der Waals surface area contributed by atoms with Crippen LogP contribution in [0.1, 0.15) is 19.4 Å². The van der Waals surface area contributed by atoms with E-state index in [1.807, 2.05) is 30.3 Å². The van der Waals surface area contributed by atoms with Gasteiger partial charge in [-0.3, -0.25) is 13.9 Å². The second kappa shape index (κ2) is 14.8. The molecular formula is C30H36ClN3O7S. The molecule has 0 aromatic heterocycles. The van der Waals surface area contributed by atoms with Gasteiger partial charge in [-0.1, -0.05) is 41.9 Å². The molecule has 12 heteroatoms. The lowest BCUT2D eigenvalue weighted by molar-refractivity contribution is -0.138. The van der Waals surface area contributed by atoms with Crippen LogP contribution < -0.4 is 23.8 Å². The molecule has 226 valence electrons. The molecule has 0 unspecified atom stereocenters. The van der Waals surface area contributed by atoms with Crippen LogP contribution in [-0.2, 0) is 26.0 Å². The van der Waals surface area contributed by atoms with Gasteiger partial charge in [0.15, 0.2) is 11.5 Å². The summed E-state index contributed by atoms with van der Waals surface area (Å²) < 4.78 is 45.4. The number of ether oxygens (including phenoxy) is 3. The first kappa shape index (κ1) is 32.6. The van der Waals surface area contributed by atoms with Crippen molar-refractivity contribution in [2.45, 2.75) is 31.2 Å². The van der Waals surface area contributed by atoms with E-state index >= 15 is 0 Å². The van der Waals surface area contributed by atoms with Crippen LogP contribution in [-0.4, -0.2) is 72.1 Å². The normalized spacial score (nSPS) is 11.8. The highest BCUT2D eigenvalue weighted by molar-refractivity contribution is 7.92. The van der Waals surface area contributed by atoms with E-state index in [0.29, 0.717) is 18.7 Å². The first-order valence-corrected chi connectivity index (χ1v) is 15.1. The average Bonchev–Trinajstić information content (AvgIpc) is 2.99. The molecule has 3 aromatic rings. The van der Waals surface area contributed by atoms with Gasteiger partial charge < -0.3 is 24.4 Å². The van der Waals surface area contributed by atoms with Gasteiger partial charge in [-0.05, 0) is 56.2 Å². The molecule has 0 radical (unpaired) electrons. The lowest BCUT2D eigenvalue weighted by Gasteiger charge is -2.32. The Hall–Kier alpha value is -3.96. The minimum Gasteiger partial charge on any atom is -0.495 e. The van der Waals surface area contributed by atoms with Crippen molar-refractivity contribution in [3.63, 3.8) is 0 Å². The second-order valence-electron chi connectivity index (χ2n) is 9.24. The van der Waals surface area contributed by atoms with E-state index in [4.69, 9.17) is 25.8 Å². The van der Waals surface area contributed by atoms with Gasteiger partial charge in [-0.2, -0.15) is 0 Å². The van der Waals surface area contributed by atoms with E-state index in [2.05, 4.69) is 5.32 Å². The fourth-order valence-electron chi connectivity index (χ4n) is 4.37. The van der Waals surface area contributed by atoms with E-state index in [0.717, 1.165) is 9.87 Å². The van der Waals surface area contributed by atoms with Gasteiger partial charge in [0.25, 0.3) is 10.0 Å². The standard InChI is InChI=1S/C30H36ClN3O7S/c1-6-32-30(36)21(2)33(17-16-22-10-8-7-9-11-22)29(35)20-34(25-18-23(31)12-14-26(25)39-3)42(37,38)24-13-15-27(40-4)28(19-24)41-5/h7-15,18-19,21H,6,16-17,20H2,1-5H3,(H,32,36)/t21-/m0/s1. The summed E-state index contributed by atoms with van der Waals surface area (Å²) in [6.07, 6.45) is 0.458. The predicted molar refractivity (Wildman–Crippen MR) is 162 cm³/mol. The number of sulfonamides is 1. The van der Waals surface area contributed by atoms with Crippen LogP contribution in [0.3, 0.4) is 0 Å². The molecular weight excluding hydrogens is 582 g/mol. The number of carbonyl (C=O) groups is 2. The lowest BCUT2D eigenvalue weighted by atomic mass is 10.1. The zero-order valence-corrected chi connectivity index (χ0v) is 25.9. The molecule has 0 fully saturated rings. The zero-order chi connectivity index (χ0) is 30.9. The van der Waals surface area contributed by atoms with Crippen LogP contribution in [0, 0.1) is 0 Å². The molecule has 0 heterocycles. The number of nitrogens with zero attached hydrogens (tertiary/aromatic N) is 2.